The van der Waals surface area contributed by atoms with Crippen molar-refractivity contribution >= 4 is 11.6 Å². The first-order chi connectivity index (χ1) is 14.5. The average molecular weight is 409 g/mol. The van der Waals surface area contributed by atoms with Crippen LogP contribution >= 0.6 is 0 Å². The molecule has 0 saturated heterocycles. The van der Waals surface area contributed by atoms with E-state index < -0.39 is 0 Å². The average Bonchev–Trinajstić information content (AvgIpc) is 2.76. The van der Waals surface area contributed by atoms with E-state index in [4.69, 9.17) is 14.2 Å². The summed E-state index contributed by atoms with van der Waals surface area (Å²) in [6.07, 6.45) is 0. The van der Waals surface area contributed by atoms with E-state index in [0.29, 0.717) is 35.1 Å². The van der Waals surface area contributed by atoms with E-state index in [0.717, 1.165) is 10.4 Å². The summed E-state index contributed by atoms with van der Waals surface area (Å²) in [6.45, 7) is 2.24. The van der Waals surface area contributed by atoms with Crippen LogP contribution in [0.25, 0.3) is 11.3 Å². The van der Waals surface area contributed by atoms with Crippen LogP contribution in [-0.2, 0) is 11.3 Å². The van der Waals surface area contributed by atoms with Crippen LogP contribution in [0.1, 0.15) is 6.92 Å². The Morgan fingerprint density at radius 3 is 2.40 bits per heavy atom. The van der Waals surface area contributed by atoms with Crippen LogP contribution in [0, 0.1) is 0 Å². The number of amides is 1. The zero-order valence-corrected chi connectivity index (χ0v) is 17.0. The number of anilines is 1. The molecule has 0 radical (unpaired) electrons. The van der Waals surface area contributed by atoms with E-state index in [1.807, 2.05) is 6.92 Å². The molecule has 0 bridgehead atoms. The summed E-state index contributed by atoms with van der Waals surface area (Å²) in [5, 5.41) is 7.08. The smallest absolute Gasteiger partial charge is 0.267 e. The number of hydrogen-bond donors (Lipinski definition) is 1. The van der Waals surface area contributed by atoms with Gasteiger partial charge in [0.2, 0.25) is 5.91 Å². The molecular formula is C22H23N3O5. The molecule has 0 aliphatic rings. The summed E-state index contributed by atoms with van der Waals surface area (Å²) in [5.74, 6) is 1.53. The molecule has 3 rings (SSSR count). The highest BCUT2D eigenvalue weighted by atomic mass is 16.5. The molecular weight excluding hydrogens is 386 g/mol. The summed E-state index contributed by atoms with van der Waals surface area (Å²) < 4.78 is 17.1. The minimum absolute atomic E-state index is 0.224. The van der Waals surface area contributed by atoms with Gasteiger partial charge in [-0.3, -0.25) is 9.59 Å². The predicted molar refractivity (Wildman–Crippen MR) is 113 cm³/mol. The van der Waals surface area contributed by atoms with Gasteiger partial charge in [-0.25, -0.2) is 4.68 Å². The third kappa shape index (κ3) is 4.96. The number of carbonyl (C=O) groups excluding carboxylic acids is 1. The molecule has 0 atom stereocenters. The fourth-order valence-electron chi connectivity index (χ4n) is 2.85. The normalized spacial score (nSPS) is 10.4. The second-order valence-electron chi connectivity index (χ2n) is 6.29. The maximum absolute atomic E-state index is 12.4. The van der Waals surface area contributed by atoms with Crippen molar-refractivity contribution in [2.45, 2.75) is 13.5 Å². The second kappa shape index (κ2) is 9.60. The quantitative estimate of drug-likeness (QED) is 0.615. The molecule has 30 heavy (non-hydrogen) atoms. The van der Waals surface area contributed by atoms with Crippen molar-refractivity contribution in [3.05, 3.63) is 65.0 Å². The lowest BCUT2D eigenvalue weighted by Gasteiger charge is -2.12. The zero-order valence-electron chi connectivity index (χ0n) is 17.0. The third-order valence-corrected chi connectivity index (χ3v) is 4.29. The minimum atomic E-state index is -0.381. The monoisotopic (exact) mass is 409 g/mol. The Balaban J connectivity index is 1.78. The van der Waals surface area contributed by atoms with Gasteiger partial charge >= 0.3 is 0 Å². The minimum Gasteiger partial charge on any atom is -0.497 e. The standard InChI is InChI=1S/C22H23N3O5/c1-4-30-16-7-5-15(6-8-16)23-21(26)14-25-22(27)12-11-19(24-25)18-10-9-17(28-2)13-20(18)29-3/h5-13H,4,14H2,1-3H3,(H,23,26). The molecule has 0 unspecified atom stereocenters. The first kappa shape index (κ1) is 20.9. The highest BCUT2D eigenvalue weighted by Crippen LogP contribution is 2.31. The first-order valence-corrected chi connectivity index (χ1v) is 9.37. The van der Waals surface area contributed by atoms with Crippen LogP contribution in [0.15, 0.2) is 59.4 Å². The number of nitrogens with zero attached hydrogens (tertiary/aromatic N) is 2. The lowest BCUT2D eigenvalue weighted by molar-refractivity contribution is -0.117. The Labute approximate surface area is 174 Å². The fourth-order valence-corrected chi connectivity index (χ4v) is 2.85. The van der Waals surface area contributed by atoms with E-state index in [-0.39, 0.29) is 18.0 Å². The Bertz CT molecular complexity index is 1080. The molecule has 8 nitrogen and oxygen atoms in total. The Morgan fingerprint density at radius 1 is 1.00 bits per heavy atom. The highest BCUT2D eigenvalue weighted by Gasteiger charge is 2.12. The number of benzene rings is 2. The van der Waals surface area contributed by atoms with Crippen molar-refractivity contribution in [2.24, 2.45) is 0 Å². The lowest BCUT2D eigenvalue weighted by Crippen LogP contribution is -2.29. The topological polar surface area (TPSA) is 91.7 Å². The predicted octanol–water partition coefficient (Wildman–Crippen LogP) is 2.96. The van der Waals surface area contributed by atoms with Crippen molar-refractivity contribution in [1.29, 1.82) is 0 Å². The van der Waals surface area contributed by atoms with Crippen LogP contribution in [0.2, 0.25) is 0 Å². The van der Waals surface area contributed by atoms with Crippen molar-refractivity contribution in [3.8, 4) is 28.5 Å². The summed E-state index contributed by atoms with van der Waals surface area (Å²) in [7, 11) is 3.11. The van der Waals surface area contributed by atoms with Gasteiger partial charge in [-0.2, -0.15) is 5.10 Å². The number of methoxy groups -OCH3 is 2. The molecule has 8 heteroatoms. The summed E-state index contributed by atoms with van der Waals surface area (Å²) in [4.78, 5) is 24.6. The number of rotatable bonds is 8. The Kier molecular flexibility index (Phi) is 6.69. The van der Waals surface area contributed by atoms with E-state index in [2.05, 4.69) is 10.4 Å². The molecule has 0 aliphatic carbocycles. The molecule has 3 aromatic rings. The first-order valence-electron chi connectivity index (χ1n) is 9.37. The molecule has 0 saturated carbocycles. The number of nitrogens with one attached hydrogen (secondary N) is 1. The molecule has 1 heterocycles. The van der Waals surface area contributed by atoms with Gasteiger partial charge in [0.15, 0.2) is 0 Å². The van der Waals surface area contributed by atoms with Crippen LogP contribution in [0.4, 0.5) is 5.69 Å². The Hall–Kier alpha value is -3.81. The van der Waals surface area contributed by atoms with Gasteiger partial charge in [0.05, 0.1) is 26.5 Å². The van der Waals surface area contributed by atoms with E-state index in [1.54, 1.807) is 62.8 Å². The van der Waals surface area contributed by atoms with Gasteiger partial charge < -0.3 is 19.5 Å². The number of ether oxygens (including phenoxy) is 3. The molecule has 1 N–H and O–H groups in total. The molecule has 0 spiro atoms. The van der Waals surface area contributed by atoms with Crippen molar-refractivity contribution in [2.75, 3.05) is 26.1 Å². The lowest BCUT2D eigenvalue weighted by atomic mass is 10.1. The molecule has 1 aromatic heterocycles. The number of carbonyl (C=O) groups is 1. The summed E-state index contributed by atoms with van der Waals surface area (Å²) in [6, 6.07) is 15.2. The molecule has 2 aromatic carbocycles. The van der Waals surface area contributed by atoms with Crippen molar-refractivity contribution < 1.29 is 19.0 Å². The zero-order chi connectivity index (χ0) is 21.5. The maximum Gasteiger partial charge on any atom is 0.267 e. The van der Waals surface area contributed by atoms with Gasteiger partial charge in [-0.15, -0.1) is 0 Å². The maximum atomic E-state index is 12.4. The van der Waals surface area contributed by atoms with Crippen molar-refractivity contribution in [3.63, 3.8) is 0 Å². The highest BCUT2D eigenvalue weighted by molar-refractivity contribution is 5.90. The van der Waals surface area contributed by atoms with Gasteiger partial charge in [0.25, 0.3) is 5.56 Å². The van der Waals surface area contributed by atoms with Gasteiger partial charge in [-0.1, -0.05) is 0 Å². The van der Waals surface area contributed by atoms with Gasteiger partial charge in [-0.05, 0) is 49.4 Å². The molecule has 0 aliphatic heterocycles. The fraction of sp³-hybridized carbons (Fsp3) is 0.227. The SMILES string of the molecule is CCOc1ccc(NC(=O)Cn2nc(-c3ccc(OC)cc3OC)ccc2=O)cc1. The van der Waals surface area contributed by atoms with Gasteiger partial charge in [0.1, 0.15) is 23.8 Å². The molecule has 156 valence electrons. The van der Waals surface area contributed by atoms with Crippen LogP contribution in [0.5, 0.6) is 17.2 Å². The molecule has 1 amide bonds. The number of aromatic nitrogens is 2. The largest absolute Gasteiger partial charge is 0.497 e. The van der Waals surface area contributed by atoms with E-state index in [1.165, 1.54) is 6.07 Å². The number of hydrogen-bond acceptors (Lipinski definition) is 6. The Morgan fingerprint density at radius 2 is 1.73 bits per heavy atom. The second-order valence-corrected chi connectivity index (χ2v) is 6.29. The van der Waals surface area contributed by atoms with Crippen LogP contribution in [-0.4, -0.2) is 36.5 Å². The van der Waals surface area contributed by atoms with E-state index >= 15 is 0 Å². The van der Waals surface area contributed by atoms with E-state index in [9.17, 15) is 9.59 Å². The van der Waals surface area contributed by atoms with Crippen LogP contribution < -0.4 is 25.1 Å². The summed E-state index contributed by atoms with van der Waals surface area (Å²) >= 11 is 0. The summed E-state index contributed by atoms with van der Waals surface area (Å²) in [5.41, 5.74) is 1.40. The van der Waals surface area contributed by atoms with Gasteiger partial charge in [0, 0.05) is 23.4 Å². The third-order valence-electron chi connectivity index (χ3n) is 4.29. The van der Waals surface area contributed by atoms with Crippen LogP contribution in [0.3, 0.4) is 0 Å². The van der Waals surface area contributed by atoms with Crippen molar-refractivity contribution in [1.82, 2.24) is 9.78 Å². The molecule has 0 fully saturated rings.